The Hall–Kier alpha value is -3.21. The largest absolute Gasteiger partial charge is 0.367 e. The Bertz CT molecular complexity index is 822. The molecule has 0 bridgehead atoms. The van der Waals surface area contributed by atoms with Crippen molar-refractivity contribution in [3.8, 4) is 0 Å². The van der Waals surface area contributed by atoms with E-state index in [1.807, 2.05) is 0 Å². The molecule has 0 radical (unpaired) electrons. The van der Waals surface area contributed by atoms with E-state index >= 15 is 0 Å². The Morgan fingerprint density at radius 3 is 2.00 bits per heavy atom. The molecule has 2 aromatic carbocycles. The van der Waals surface area contributed by atoms with Crippen molar-refractivity contribution < 1.29 is 14.0 Å². The van der Waals surface area contributed by atoms with Crippen LogP contribution in [0.2, 0.25) is 0 Å². The molecule has 3 aromatic rings. The van der Waals surface area contributed by atoms with Crippen LogP contribution < -0.4 is 5.32 Å². The predicted molar refractivity (Wildman–Crippen MR) is 85.0 cm³/mol. The summed E-state index contributed by atoms with van der Waals surface area (Å²) in [6, 6.07) is 13.6. The summed E-state index contributed by atoms with van der Waals surface area (Å²) in [7, 11) is 0. The number of amides is 1. The van der Waals surface area contributed by atoms with Crippen LogP contribution in [0, 0.1) is 5.82 Å². The minimum absolute atomic E-state index is 0.200. The van der Waals surface area contributed by atoms with Gasteiger partial charge < -0.3 is 10.3 Å². The van der Waals surface area contributed by atoms with E-state index in [4.69, 9.17) is 0 Å². The molecule has 4 nitrogen and oxygen atoms in total. The van der Waals surface area contributed by atoms with E-state index in [0.29, 0.717) is 22.4 Å². The van der Waals surface area contributed by atoms with E-state index in [1.165, 1.54) is 24.3 Å². The Morgan fingerprint density at radius 1 is 0.826 bits per heavy atom. The molecule has 0 aliphatic carbocycles. The topological polar surface area (TPSA) is 62.0 Å². The quantitative estimate of drug-likeness (QED) is 0.723. The van der Waals surface area contributed by atoms with Crippen molar-refractivity contribution >= 4 is 17.4 Å². The standard InChI is InChI=1S/C18H13FN2O2/c19-15-5-1-12(2-6-15)17(22)13-3-7-16(8-4-13)21-18(23)14-9-10-20-11-14/h1-11,20H,(H,21,23). The van der Waals surface area contributed by atoms with E-state index in [9.17, 15) is 14.0 Å². The molecule has 5 heteroatoms. The number of hydrogen-bond donors (Lipinski definition) is 2. The zero-order valence-corrected chi connectivity index (χ0v) is 12.0. The van der Waals surface area contributed by atoms with Crippen molar-refractivity contribution in [1.82, 2.24) is 4.98 Å². The van der Waals surface area contributed by atoms with Gasteiger partial charge in [0, 0.05) is 29.2 Å². The molecule has 2 N–H and O–H groups in total. The lowest BCUT2D eigenvalue weighted by molar-refractivity contribution is 0.102. The van der Waals surface area contributed by atoms with Crippen LogP contribution in [0.15, 0.2) is 67.0 Å². The van der Waals surface area contributed by atoms with Crippen LogP contribution in [0.25, 0.3) is 0 Å². The smallest absolute Gasteiger partial charge is 0.257 e. The first kappa shape index (κ1) is 14.7. The van der Waals surface area contributed by atoms with Crippen molar-refractivity contribution in [2.24, 2.45) is 0 Å². The molecule has 1 heterocycles. The SMILES string of the molecule is O=C(Nc1ccc(C(=O)c2ccc(F)cc2)cc1)c1cc[nH]c1. The van der Waals surface area contributed by atoms with E-state index in [0.717, 1.165) is 0 Å². The Morgan fingerprint density at radius 2 is 1.43 bits per heavy atom. The van der Waals surface area contributed by atoms with E-state index < -0.39 is 0 Å². The van der Waals surface area contributed by atoms with Gasteiger partial charge in [-0.05, 0) is 54.6 Å². The van der Waals surface area contributed by atoms with Gasteiger partial charge in [0.1, 0.15) is 5.82 Å². The summed E-state index contributed by atoms with van der Waals surface area (Å²) in [6.07, 6.45) is 3.27. The summed E-state index contributed by atoms with van der Waals surface area (Å²) in [6.45, 7) is 0. The number of aromatic nitrogens is 1. The number of carbonyl (C=O) groups excluding carboxylic acids is 2. The maximum Gasteiger partial charge on any atom is 0.257 e. The van der Waals surface area contributed by atoms with Gasteiger partial charge in [0.25, 0.3) is 5.91 Å². The maximum atomic E-state index is 12.9. The molecule has 0 fully saturated rings. The first-order chi connectivity index (χ1) is 11.1. The van der Waals surface area contributed by atoms with Crippen molar-refractivity contribution in [3.63, 3.8) is 0 Å². The second-order valence-corrected chi connectivity index (χ2v) is 4.97. The molecule has 23 heavy (non-hydrogen) atoms. The molecule has 0 unspecified atom stereocenters. The number of hydrogen-bond acceptors (Lipinski definition) is 2. The molecule has 1 aromatic heterocycles. The van der Waals surface area contributed by atoms with Gasteiger partial charge in [0.2, 0.25) is 0 Å². The zero-order valence-electron chi connectivity index (χ0n) is 12.0. The minimum atomic E-state index is -0.385. The van der Waals surface area contributed by atoms with Gasteiger partial charge in [0.05, 0.1) is 5.56 Å². The third kappa shape index (κ3) is 3.35. The second-order valence-electron chi connectivity index (χ2n) is 4.97. The number of aromatic amines is 1. The van der Waals surface area contributed by atoms with Crippen LogP contribution >= 0.6 is 0 Å². The highest BCUT2D eigenvalue weighted by Gasteiger charge is 2.10. The lowest BCUT2D eigenvalue weighted by Gasteiger charge is -2.05. The van der Waals surface area contributed by atoms with Gasteiger partial charge in [-0.3, -0.25) is 9.59 Å². The number of halogens is 1. The van der Waals surface area contributed by atoms with Crippen LogP contribution in [-0.2, 0) is 0 Å². The maximum absolute atomic E-state index is 12.9. The number of ketones is 1. The molecule has 0 spiro atoms. The molecule has 3 rings (SSSR count). The average molecular weight is 308 g/mol. The zero-order chi connectivity index (χ0) is 16.2. The van der Waals surface area contributed by atoms with E-state index in [2.05, 4.69) is 10.3 Å². The molecular formula is C18H13FN2O2. The first-order valence-corrected chi connectivity index (χ1v) is 6.98. The molecule has 1 amide bonds. The Kier molecular flexibility index (Phi) is 4.01. The van der Waals surface area contributed by atoms with Crippen molar-refractivity contribution in [3.05, 3.63) is 89.5 Å². The summed E-state index contributed by atoms with van der Waals surface area (Å²) >= 11 is 0. The average Bonchev–Trinajstić information content (AvgIpc) is 3.10. The number of rotatable bonds is 4. The highest BCUT2D eigenvalue weighted by Crippen LogP contribution is 2.15. The number of benzene rings is 2. The number of nitrogens with one attached hydrogen (secondary N) is 2. The molecule has 0 aliphatic heterocycles. The van der Waals surface area contributed by atoms with Gasteiger partial charge in [-0.25, -0.2) is 4.39 Å². The van der Waals surface area contributed by atoms with Crippen molar-refractivity contribution in [2.45, 2.75) is 0 Å². The fourth-order valence-electron chi connectivity index (χ4n) is 2.14. The molecule has 0 aliphatic rings. The van der Waals surface area contributed by atoms with Gasteiger partial charge in [-0.15, -0.1) is 0 Å². The number of anilines is 1. The normalized spacial score (nSPS) is 10.3. The van der Waals surface area contributed by atoms with Gasteiger partial charge in [-0.1, -0.05) is 0 Å². The van der Waals surface area contributed by atoms with E-state index in [1.54, 1.807) is 42.7 Å². The Balaban J connectivity index is 1.73. The number of H-pyrrole nitrogens is 1. The second kappa shape index (κ2) is 6.27. The third-order valence-electron chi connectivity index (χ3n) is 3.37. The van der Waals surface area contributed by atoms with Gasteiger partial charge in [-0.2, -0.15) is 0 Å². The highest BCUT2D eigenvalue weighted by atomic mass is 19.1. The third-order valence-corrected chi connectivity index (χ3v) is 3.37. The minimum Gasteiger partial charge on any atom is -0.367 e. The molecule has 114 valence electrons. The predicted octanol–water partition coefficient (Wildman–Crippen LogP) is 3.64. The summed E-state index contributed by atoms with van der Waals surface area (Å²) in [5, 5.41) is 2.74. The van der Waals surface area contributed by atoms with Crippen molar-refractivity contribution in [2.75, 3.05) is 5.32 Å². The van der Waals surface area contributed by atoms with Gasteiger partial charge >= 0.3 is 0 Å². The lowest BCUT2D eigenvalue weighted by atomic mass is 10.0. The van der Waals surface area contributed by atoms with E-state index in [-0.39, 0.29) is 17.5 Å². The summed E-state index contributed by atoms with van der Waals surface area (Å²) in [5.74, 6) is -0.818. The van der Waals surface area contributed by atoms with Crippen LogP contribution in [0.5, 0.6) is 0 Å². The fourth-order valence-corrected chi connectivity index (χ4v) is 2.14. The first-order valence-electron chi connectivity index (χ1n) is 6.98. The van der Waals surface area contributed by atoms with Crippen LogP contribution in [0.4, 0.5) is 10.1 Å². The van der Waals surface area contributed by atoms with Crippen LogP contribution in [0.1, 0.15) is 26.3 Å². The lowest BCUT2D eigenvalue weighted by Crippen LogP contribution is -2.11. The summed E-state index contributed by atoms with van der Waals surface area (Å²) < 4.78 is 12.9. The molecule has 0 saturated carbocycles. The van der Waals surface area contributed by atoms with Gasteiger partial charge in [0.15, 0.2) is 5.78 Å². The molecular weight excluding hydrogens is 295 g/mol. The summed E-state index contributed by atoms with van der Waals surface area (Å²) in [4.78, 5) is 27.0. The molecule has 0 atom stereocenters. The molecule has 0 saturated heterocycles. The van der Waals surface area contributed by atoms with Crippen LogP contribution in [-0.4, -0.2) is 16.7 Å². The summed E-state index contributed by atoms with van der Waals surface area (Å²) in [5.41, 5.74) is 2.00. The number of carbonyl (C=O) groups is 2. The van der Waals surface area contributed by atoms with Crippen LogP contribution in [0.3, 0.4) is 0 Å². The fraction of sp³-hybridized carbons (Fsp3) is 0. The van der Waals surface area contributed by atoms with Crippen molar-refractivity contribution in [1.29, 1.82) is 0 Å². The Labute approximate surface area is 132 Å². The monoisotopic (exact) mass is 308 g/mol. The highest BCUT2D eigenvalue weighted by molar-refractivity contribution is 6.09.